The Kier molecular flexibility index (Phi) is 5.59. The van der Waals surface area contributed by atoms with Crippen molar-refractivity contribution in [2.75, 3.05) is 0 Å². The summed E-state index contributed by atoms with van der Waals surface area (Å²) in [5.74, 6) is 0. The standard InChI is InChI=1S/C17H24BrN3/c1-5-15-13(11-19-12(3)4)16(6-2)21(20-15)17-10-8-7-9-14(17)18/h7-10,12,19H,5-6,11H2,1-4H3. The van der Waals surface area contributed by atoms with Gasteiger partial charge in [-0.1, -0.05) is 39.8 Å². The molecule has 0 saturated heterocycles. The van der Waals surface area contributed by atoms with Crippen molar-refractivity contribution in [3.8, 4) is 5.69 Å². The Morgan fingerprint density at radius 3 is 2.48 bits per heavy atom. The number of nitrogens with zero attached hydrogens (tertiary/aromatic N) is 2. The quantitative estimate of drug-likeness (QED) is 0.844. The van der Waals surface area contributed by atoms with Crippen molar-refractivity contribution in [3.63, 3.8) is 0 Å². The van der Waals surface area contributed by atoms with E-state index < -0.39 is 0 Å². The highest BCUT2D eigenvalue weighted by Crippen LogP contribution is 2.25. The smallest absolute Gasteiger partial charge is 0.0790 e. The molecule has 1 N–H and O–H groups in total. The Labute approximate surface area is 135 Å². The van der Waals surface area contributed by atoms with Crippen LogP contribution in [0, 0.1) is 0 Å². The summed E-state index contributed by atoms with van der Waals surface area (Å²) in [6, 6.07) is 8.73. The van der Waals surface area contributed by atoms with Crippen molar-refractivity contribution in [3.05, 3.63) is 45.7 Å². The topological polar surface area (TPSA) is 29.9 Å². The third-order valence-corrected chi connectivity index (χ3v) is 4.28. The van der Waals surface area contributed by atoms with E-state index in [0.29, 0.717) is 6.04 Å². The largest absolute Gasteiger partial charge is 0.310 e. The summed E-state index contributed by atoms with van der Waals surface area (Å²) in [6.07, 6.45) is 1.93. The van der Waals surface area contributed by atoms with Crippen molar-refractivity contribution in [2.24, 2.45) is 0 Å². The van der Waals surface area contributed by atoms with Crippen molar-refractivity contribution in [1.82, 2.24) is 15.1 Å². The summed E-state index contributed by atoms with van der Waals surface area (Å²) in [4.78, 5) is 0. The van der Waals surface area contributed by atoms with Crippen LogP contribution < -0.4 is 5.32 Å². The van der Waals surface area contributed by atoms with E-state index in [2.05, 4.69) is 71.8 Å². The summed E-state index contributed by atoms with van der Waals surface area (Å²) in [5, 5.41) is 8.38. The van der Waals surface area contributed by atoms with E-state index in [9.17, 15) is 0 Å². The minimum atomic E-state index is 0.478. The molecule has 2 aromatic rings. The molecule has 0 amide bonds. The molecule has 0 saturated carbocycles. The second-order valence-electron chi connectivity index (χ2n) is 5.48. The molecule has 0 unspecified atom stereocenters. The van der Waals surface area contributed by atoms with Gasteiger partial charge in [-0.2, -0.15) is 5.10 Å². The number of aryl methyl sites for hydroxylation is 1. The fourth-order valence-electron chi connectivity index (χ4n) is 2.52. The number of halogens is 1. The van der Waals surface area contributed by atoms with Crippen LogP contribution in [0.3, 0.4) is 0 Å². The second kappa shape index (κ2) is 7.23. The third-order valence-electron chi connectivity index (χ3n) is 3.61. The monoisotopic (exact) mass is 349 g/mol. The predicted octanol–water partition coefficient (Wildman–Crippen LogP) is 4.26. The molecule has 0 fully saturated rings. The van der Waals surface area contributed by atoms with E-state index in [-0.39, 0.29) is 0 Å². The van der Waals surface area contributed by atoms with Gasteiger partial charge in [-0.3, -0.25) is 0 Å². The number of hydrogen-bond donors (Lipinski definition) is 1. The zero-order chi connectivity index (χ0) is 15.4. The molecule has 21 heavy (non-hydrogen) atoms. The lowest BCUT2D eigenvalue weighted by Gasteiger charge is -2.11. The fourth-order valence-corrected chi connectivity index (χ4v) is 2.97. The van der Waals surface area contributed by atoms with E-state index in [1.807, 2.05) is 6.07 Å². The van der Waals surface area contributed by atoms with Gasteiger partial charge in [-0.15, -0.1) is 0 Å². The van der Waals surface area contributed by atoms with E-state index in [0.717, 1.165) is 29.5 Å². The highest BCUT2D eigenvalue weighted by molar-refractivity contribution is 9.10. The average Bonchev–Trinajstić information content (AvgIpc) is 2.83. The summed E-state index contributed by atoms with van der Waals surface area (Å²) < 4.78 is 3.17. The normalized spacial score (nSPS) is 11.3. The van der Waals surface area contributed by atoms with Crippen molar-refractivity contribution in [1.29, 1.82) is 0 Å². The van der Waals surface area contributed by atoms with E-state index in [1.165, 1.54) is 17.0 Å². The number of aromatic nitrogens is 2. The number of para-hydroxylation sites is 1. The summed E-state index contributed by atoms with van der Waals surface area (Å²) in [7, 11) is 0. The van der Waals surface area contributed by atoms with Gasteiger partial charge in [-0.25, -0.2) is 4.68 Å². The van der Waals surface area contributed by atoms with Crippen LogP contribution in [0.1, 0.15) is 44.6 Å². The first-order chi connectivity index (χ1) is 10.1. The Bertz CT molecular complexity index is 602. The van der Waals surface area contributed by atoms with Gasteiger partial charge in [0.25, 0.3) is 0 Å². The first-order valence-corrected chi connectivity index (χ1v) is 8.45. The van der Waals surface area contributed by atoms with Crippen molar-refractivity contribution in [2.45, 2.75) is 53.1 Å². The summed E-state index contributed by atoms with van der Waals surface area (Å²) in [5.41, 5.74) is 4.95. The Balaban J connectivity index is 2.50. The molecular weight excluding hydrogens is 326 g/mol. The lowest BCUT2D eigenvalue weighted by molar-refractivity contribution is 0.584. The molecule has 0 aliphatic heterocycles. The molecule has 0 aliphatic carbocycles. The molecule has 1 aromatic carbocycles. The maximum absolute atomic E-state index is 4.86. The molecule has 1 aromatic heterocycles. The van der Waals surface area contributed by atoms with Crippen molar-refractivity contribution < 1.29 is 0 Å². The van der Waals surface area contributed by atoms with Crippen LogP contribution in [0.2, 0.25) is 0 Å². The minimum Gasteiger partial charge on any atom is -0.310 e. The lowest BCUT2D eigenvalue weighted by Crippen LogP contribution is -2.23. The van der Waals surface area contributed by atoms with E-state index in [4.69, 9.17) is 5.10 Å². The number of hydrogen-bond acceptors (Lipinski definition) is 2. The van der Waals surface area contributed by atoms with Gasteiger partial charge in [0.15, 0.2) is 0 Å². The lowest BCUT2D eigenvalue weighted by atomic mass is 10.1. The van der Waals surface area contributed by atoms with Crippen LogP contribution in [0.25, 0.3) is 5.69 Å². The number of nitrogens with one attached hydrogen (secondary N) is 1. The van der Waals surface area contributed by atoms with Crippen LogP contribution in [0.15, 0.2) is 28.7 Å². The molecule has 2 rings (SSSR count). The van der Waals surface area contributed by atoms with Gasteiger partial charge < -0.3 is 5.32 Å². The number of benzene rings is 1. The highest BCUT2D eigenvalue weighted by Gasteiger charge is 2.17. The Hall–Kier alpha value is -1.13. The Morgan fingerprint density at radius 1 is 1.19 bits per heavy atom. The SMILES string of the molecule is CCc1nn(-c2ccccc2Br)c(CC)c1CNC(C)C. The van der Waals surface area contributed by atoms with Gasteiger partial charge in [0.2, 0.25) is 0 Å². The minimum absolute atomic E-state index is 0.478. The second-order valence-corrected chi connectivity index (χ2v) is 6.33. The van der Waals surface area contributed by atoms with Crippen LogP contribution >= 0.6 is 15.9 Å². The Morgan fingerprint density at radius 2 is 1.90 bits per heavy atom. The first-order valence-electron chi connectivity index (χ1n) is 7.66. The third kappa shape index (κ3) is 3.55. The molecule has 3 nitrogen and oxygen atoms in total. The average molecular weight is 350 g/mol. The fraction of sp³-hybridized carbons (Fsp3) is 0.471. The van der Waals surface area contributed by atoms with E-state index in [1.54, 1.807) is 0 Å². The molecule has 0 aliphatic rings. The number of rotatable bonds is 6. The molecule has 1 heterocycles. The molecule has 0 bridgehead atoms. The van der Waals surface area contributed by atoms with Crippen molar-refractivity contribution >= 4 is 15.9 Å². The highest BCUT2D eigenvalue weighted by atomic mass is 79.9. The van der Waals surface area contributed by atoms with Crippen LogP contribution in [-0.2, 0) is 19.4 Å². The summed E-state index contributed by atoms with van der Waals surface area (Å²) >= 11 is 3.64. The maximum atomic E-state index is 4.86. The molecule has 0 atom stereocenters. The van der Waals surface area contributed by atoms with Gasteiger partial charge in [-0.05, 0) is 40.9 Å². The van der Waals surface area contributed by atoms with Gasteiger partial charge in [0, 0.05) is 28.3 Å². The molecule has 114 valence electrons. The molecular formula is C17H24BrN3. The zero-order valence-electron chi connectivity index (χ0n) is 13.3. The van der Waals surface area contributed by atoms with Crippen LogP contribution in [0.5, 0.6) is 0 Å². The molecule has 0 spiro atoms. The first kappa shape index (κ1) is 16.2. The summed E-state index contributed by atoms with van der Waals surface area (Å²) in [6.45, 7) is 9.60. The molecule has 0 radical (unpaired) electrons. The zero-order valence-corrected chi connectivity index (χ0v) is 14.9. The molecule has 4 heteroatoms. The van der Waals surface area contributed by atoms with Crippen LogP contribution in [-0.4, -0.2) is 15.8 Å². The van der Waals surface area contributed by atoms with Crippen LogP contribution in [0.4, 0.5) is 0 Å². The van der Waals surface area contributed by atoms with Gasteiger partial charge in [0.05, 0.1) is 11.4 Å². The maximum Gasteiger partial charge on any atom is 0.0790 e. The van der Waals surface area contributed by atoms with E-state index >= 15 is 0 Å². The van der Waals surface area contributed by atoms with Gasteiger partial charge in [0.1, 0.15) is 0 Å². The predicted molar refractivity (Wildman–Crippen MR) is 92.0 cm³/mol. The van der Waals surface area contributed by atoms with Gasteiger partial charge >= 0.3 is 0 Å².